The van der Waals surface area contributed by atoms with Crippen LogP contribution in [0.5, 0.6) is 0 Å². The molecule has 0 radical (unpaired) electrons. The Kier molecular flexibility index (Phi) is 4.68. The van der Waals surface area contributed by atoms with Crippen molar-refractivity contribution in [1.29, 1.82) is 0 Å². The molecule has 0 atom stereocenters. The number of carbonyl (C=O) groups is 2. The minimum absolute atomic E-state index is 0.176. The van der Waals surface area contributed by atoms with Crippen LogP contribution in [0, 0.1) is 0 Å². The van der Waals surface area contributed by atoms with Crippen molar-refractivity contribution < 1.29 is 9.59 Å². The number of azo groups is 1. The number of nitrogen functional groups attached to an aromatic ring is 1. The van der Waals surface area contributed by atoms with Gasteiger partial charge in [-0.25, -0.2) is 0 Å². The van der Waals surface area contributed by atoms with Gasteiger partial charge < -0.3 is 11.1 Å². The van der Waals surface area contributed by atoms with E-state index in [1.165, 1.54) is 0 Å². The topological polar surface area (TPSA) is 96.9 Å². The Hall–Kier alpha value is -3.80. The second-order valence-corrected chi connectivity index (χ2v) is 6.57. The number of hydrogen-bond acceptors (Lipinski definition) is 5. The lowest BCUT2D eigenvalue weighted by Gasteiger charge is -2.23. The van der Waals surface area contributed by atoms with Crippen LogP contribution in [0.1, 0.15) is 31.8 Å². The Labute approximate surface area is 162 Å². The molecule has 138 valence electrons. The maximum absolute atomic E-state index is 12.6. The summed E-state index contributed by atoms with van der Waals surface area (Å²) in [5, 5.41) is 11.2. The van der Waals surface area contributed by atoms with Crippen LogP contribution in [0.25, 0.3) is 0 Å². The summed E-state index contributed by atoms with van der Waals surface area (Å²) in [6, 6.07) is 17.7. The Balaban J connectivity index is 1.45. The van der Waals surface area contributed by atoms with Crippen LogP contribution < -0.4 is 11.1 Å². The molecule has 0 saturated carbocycles. The molecule has 6 heteroatoms. The van der Waals surface area contributed by atoms with Crippen molar-refractivity contribution >= 4 is 34.9 Å². The summed E-state index contributed by atoms with van der Waals surface area (Å²) in [7, 11) is 0. The molecule has 0 aromatic heterocycles. The number of nitrogens with one attached hydrogen (secondary N) is 1. The summed E-state index contributed by atoms with van der Waals surface area (Å²) in [5.41, 5.74) is 11.6. The van der Waals surface area contributed by atoms with Crippen molar-refractivity contribution in [3.05, 3.63) is 82.9 Å². The summed E-state index contributed by atoms with van der Waals surface area (Å²) in [5.74, 6) is -0.176. The number of carbonyl (C=O) groups excluding carboxylic acids is 2. The molecule has 0 unspecified atom stereocenters. The van der Waals surface area contributed by atoms with E-state index < -0.39 is 0 Å². The fraction of sp³-hybridized carbons (Fsp3) is 0.0909. The van der Waals surface area contributed by atoms with Gasteiger partial charge in [0.2, 0.25) is 0 Å². The molecule has 6 nitrogen and oxygen atoms in total. The SMILES string of the molecule is Nc1ccc(N=Nc2ccc(NC(=O)c3ccc(C=O)c4c3CC4)cc2)cc1. The van der Waals surface area contributed by atoms with Gasteiger partial charge in [0.15, 0.2) is 0 Å². The van der Waals surface area contributed by atoms with Crippen molar-refractivity contribution in [2.45, 2.75) is 12.8 Å². The van der Waals surface area contributed by atoms with Gasteiger partial charge in [-0.15, -0.1) is 0 Å². The molecule has 1 aliphatic rings. The third-order valence-electron chi connectivity index (χ3n) is 4.76. The molecular weight excluding hydrogens is 352 g/mol. The zero-order valence-corrected chi connectivity index (χ0v) is 15.1. The highest BCUT2D eigenvalue weighted by Crippen LogP contribution is 2.30. The van der Waals surface area contributed by atoms with E-state index in [1.54, 1.807) is 60.7 Å². The van der Waals surface area contributed by atoms with Crippen LogP contribution in [-0.2, 0) is 12.8 Å². The normalized spacial score (nSPS) is 12.3. The third kappa shape index (κ3) is 3.53. The molecular formula is C22H18N4O2. The monoisotopic (exact) mass is 370 g/mol. The van der Waals surface area contributed by atoms with Gasteiger partial charge in [0.05, 0.1) is 11.4 Å². The molecule has 0 aliphatic heterocycles. The number of fused-ring (bicyclic) bond motifs is 1. The summed E-state index contributed by atoms with van der Waals surface area (Å²) in [6.07, 6.45) is 2.51. The smallest absolute Gasteiger partial charge is 0.255 e. The first-order valence-electron chi connectivity index (χ1n) is 8.92. The van der Waals surface area contributed by atoms with Crippen molar-refractivity contribution in [1.82, 2.24) is 0 Å². The molecule has 0 fully saturated rings. The van der Waals surface area contributed by atoms with Crippen molar-refractivity contribution in [2.24, 2.45) is 10.2 Å². The molecule has 3 N–H and O–H groups in total. The number of benzene rings is 3. The van der Waals surface area contributed by atoms with E-state index in [0.29, 0.717) is 33.9 Å². The van der Waals surface area contributed by atoms with E-state index in [4.69, 9.17) is 5.73 Å². The minimum Gasteiger partial charge on any atom is -0.399 e. The summed E-state index contributed by atoms with van der Waals surface area (Å²) in [4.78, 5) is 23.6. The molecule has 0 heterocycles. The maximum Gasteiger partial charge on any atom is 0.255 e. The number of amides is 1. The van der Waals surface area contributed by atoms with E-state index >= 15 is 0 Å². The number of nitrogens with zero attached hydrogens (tertiary/aromatic N) is 2. The van der Waals surface area contributed by atoms with Crippen LogP contribution in [0.15, 0.2) is 70.9 Å². The second-order valence-electron chi connectivity index (χ2n) is 6.57. The lowest BCUT2D eigenvalue weighted by atomic mass is 9.81. The Morgan fingerprint density at radius 3 is 2.04 bits per heavy atom. The van der Waals surface area contributed by atoms with Gasteiger partial charge in [0.25, 0.3) is 5.91 Å². The van der Waals surface area contributed by atoms with E-state index in [2.05, 4.69) is 15.5 Å². The zero-order chi connectivity index (χ0) is 19.5. The largest absolute Gasteiger partial charge is 0.399 e. The third-order valence-corrected chi connectivity index (χ3v) is 4.76. The number of nitrogens with two attached hydrogens (primary N) is 1. The van der Waals surface area contributed by atoms with Gasteiger partial charge >= 0.3 is 0 Å². The molecule has 0 saturated heterocycles. The highest BCUT2D eigenvalue weighted by Gasteiger charge is 2.23. The number of aldehydes is 1. The fourth-order valence-corrected chi connectivity index (χ4v) is 3.15. The fourth-order valence-electron chi connectivity index (χ4n) is 3.15. The molecule has 3 aromatic rings. The molecule has 3 aromatic carbocycles. The number of rotatable bonds is 5. The van der Waals surface area contributed by atoms with Crippen molar-refractivity contribution in [3.8, 4) is 0 Å². The zero-order valence-electron chi connectivity index (χ0n) is 15.1. The van der Waals surface area contributed by atoms with E-state index in [0.717, 1.165) is 30.3 Å². The first-order chi connectivity index (χ1) is 13.6. The summed E-state index contributed by atoms with van der Waals surface area (Å²) < 4.78 is 0. The maximum atomic E-state index is 12.6. The average molecular weight is 370 g/mol. The molecule has 0 bridgehead atoms. The average Bonchev–Trinajstić information content (AvgIpc) is 2.69. The highest BCUT2D eigenvalue weighted by molar-refractivity contribution is 6.06. The summed E-state index contributed by atoms with van der Waals surface area (Å²) in [6.45, 7) is 0. The van der Waals surface area contributed by atoms with Gasteiger partial charge in [-0.2, -0.15) is 10.2 Å². The Morgan fingerprint density at radius 1 is 0.857 bits per heavy atom. The van der Waals surface area contributed by atoms with Crippen molar-refractivity contribution in [2.75, 3.05) is 11.1 Å². The quantitative estimate of drug-likeness (QED) is 0.382. The van der Waals surface area contributed by atoms with Gasteiger partial charge in [-0.05, 0) is 78.6 Å². The van der Waals surface area contributed by atoms with E-state index in [9.17, 15) is 9.59 Å². The van der Waals surface area contributed by atoms with E-state index in [-0.39, 0.29) is 5.91 Å². The van der Waals surface area contributed by atoms with Crippen LogP contribution in [0.4, 0.5) is 22.7 Å². The van der Waals surface area contributed by atoms with Crippen LogP contribution >= 0.6 is 0 Å². The highest BCUT2D eigenvalue weighted by atomic mass is 16.1. The Bertz CT molecular complexity index is 1070. The minimum atomic E-state index is -0.176. The van der Waals surface area contributed by atoms with Gasteiger partial charge in [-0.3, -0.25) is 9.59 Å². The lowest BCUT2D eigenvalue weighted by Crippen LogP contribution is -2.21. The van der Waals surface area contributed by atoms with Crippen molar-refractivity contribution in [3.63, 3.8) is 0 Å². The van der Waals surface area contributed by atoms with Gasteiger partial charge in [0.1, 0.15) is 6.29 Å². The van der Waals surface area contributed by atoms with E-state index in [1.807, 2.05) is 0 Å². The van der Waals surface area contributed by atoms with Crippen LogP contribution in [0.2, 0.25) is 0 Å². The van der Waals surface area contributed by atoms with Gasteiger partial charge in [0, 0.05) is 22.5 Å². The molecule has 1 aliphatic carbocycles. The second kappa shape index (κ2) is 7.44. The predicted octanol–water partition coefficient (Wildman–Crippen LogP) is 4.85. The first kappa shape index (κ1) is 17.6. The van der Waals surface area contributed by atoms with Crippen LogP contribution in [-0.4, -0.2) is 12.2 Å². The van der Waals surface area contributed by atoms with Crippen LogP contribution in [0.3, 0.4) is 0 Å². The number of hydrogen-bond donors (Lipinski definition) is 2. The first-order valence-corrected chi connectivity index (χ1v) is 8.92. The molecule has 4 rings (SSSR count). The molecule has 1 amide bonds. The lowest BCUT2D eigenvalue weighted by molar-refractivity contribution is 0.102. The molecule has 0 spiro atoms. The standard InChI is InChI=1S/C22H18N4O2/c23-15-2-4-17(5-3-15)25-26-18-8-6-16(7-9-18)24-22(28)21-10-1-14(13-27)19-11-12-20(19)21/h1-10,13H,11-12,23H2,(H,24,28). The Morgan fingerprint density at radius 2 is 1.46 bits per heavy atom. The van der Waals surface area contributed by atoms with Gasteiger partial charge in [-0.1, -0.05) is 6.07 Å². The predicted molar refractivity (Wildman–Crippen MR) is 109 cm³/mol. The summed E-state index contributed by atoms with van der Waals surface area (Å²) >= 11 is 0. The number of anilines is 2. The molecule has 28 heavy (non-hydrogen) atoms.